The summed E-state index contributed by atoms with van der Waals surface area (Å²) in [6.07, 6.45) is 2.19. The molecule has 0 nitrogen and oxygen atoms in total. The van der Waals surface area contributed by atoms with Crippen molar-refractivity contribution in [2.75, 3.05) is 0 Å². The second-order valence-corrected chi connectivity index (χ2v) is 5.23. The highest BCUT2D eigenvalue weighted by atomic mass is 35.5. The van der Waals surface area contributed by atoms with Crippen LogP contribution in [0.1, 0.15) is 36.9 Å². The van der Waals surface area contributed by atoms with E-state index in [-0.39, 0.29) is 5.38 Å². The molecule has 2 unspecified atom stereocenters. The first-order valence-corrected chi connectivity index (χ1v) is 6.21. The van der Waals surface area contributed by atoms with Gasteiger partial charge < -0.3 is 0 Å². The molecule has 2 atom stereocenters. The first-order valence-electron chi connectivity index (χ1n) is 4.52. The summed E-state index contributed by atoms with van der Waals surface area (Å²) in [6, 6.07) is 1.91. The third kappa shape index (κ3) is 3.16. The minimum atomic E-state index is 0.0856. The average molecular weight is 237 g/mol. The van der Waals surface area contributed by atoms with E-state index in [0.29, 0.717) is 5.92 Å². The van der Waals surface area contributed by atoms with Crippen LogP contribution in [0.25, 0.3) is 0 Å². The van der Waals surface area contributed by atoms with Crippen molar-refractivity contribution in [2.45, 2.75) is 32.1 Å². The summed E-state index contributed by atoms with van der Waals surface area (Å²) in [6.45, 7) is 4.40. The van der Waals surface area contributed by atoms with E-state index in [4.69, 9.17) is 23.2 Å². The molecule has 1 aromatic heterocycles. The molecule has 0 N–H and O–H groups in total. The van der Waals surface area contributed by atoms with E-state index in [1.807, 2.05) is 11.4 Å². The number of alkyl halides is 1. The number of rotatable bonds is 4. The molecule has 1 rings (SSSR count). The summed E-state index contributed by atoms with van der Waals surface area (Å²) >= 11 is 13.9. The van der Waals surface area contributed by atoms with Gasteiger partial charge in [0.1, 0.15) is 0 Å². The molecule has 13 heavy (non-hydrogen) atoms. The van der Waals surface area contributed by atoms with Gasteiger partial charge in [-0.3, -0.25) is 0 Å². The molecule has 0 amide bonds. The van der Waals surface area contributed by atoms with Gasteiger partial charge in [-0.15, -0.1) is 22.9 Å². The molecule has 0 bridgehead atoms. The van der Waals surface area contributed by atoms with Crippen molar-refractivity contribution in [2.24, 2.45) is 5.92 Å². The molecule has 0 saturated heterocycles. The minimum Gasteiger partial charge on any atom is -0.146 e. The van der Waals surface area contributed by atoms with Gasteiger partial charge >= 0.3 is 0 Å². The van der Waals surface area contributed by atoms with Gasteiger partial charge in [-0.2, -0.15) is 0 Å². The summed E-state index contributed by atoms with van der Waals surface area (Å²) in [4.78, 5) is 1.11. The highest BCUT2D eigenvalue weighted by Gasteiger charge is 2.15. The lowest BCUT2D eigenvalue weighted by Crippen LogP contribution is -1.97. The zero-order chi connectivity index (χ0) is 9.84. The Bertz CT molecular complexity index is 257. The number of hydrogen-bond donors (Lipinski definition) is 0. The molecular weight excluding hydrogens is 223 g/mol. The van der Waals surface area contributed by atoms with Crippen molar-refractivity contribution in [3.05, 3.63) is 21.3 Å². The van der Waals surface area contributed by atoms with Crippen molar-refractivity contribution >= 4 is 34.5 Å². The molecule has 0 aromatic carbocycles. The monoisotopic (exact) mass is 236 g/mol. The van der Waals surface area contributed by atoms with Gasteiger partial charge in [0.15, 0.2) is 0 Å². The van der Waals surface area contributed by atoms with Crippen molar-refractivity contribution in [1.29, 1.82) is 0 Å². The Kier molecular flexibility index (Phi) is 4.57. The molecule has 0 aliphatic heterocycles. The van der Waals surface area contributed by atoms with Crippen LogP contribution in [-0.2, 0) is 0 Å². The van der Waals surface area contributed by atoms with Crippen LogP contribution in [0.4, 0.5) is 0 Å². The van der Waals surface area contributed by atoms with E-state index in [1.54, 1.807) is 11.3 Å². The third-order valence-corrected chi connectivity index (χ3v) is 4.23. The highest BCUT2D eigenvalue weighted by Crippen LogP contribution is 2.37. The summed E-state index contributed by atoms with van der Waals surface area (Å²) in [5.74, 6) is 0.667. The van der Waals surface area contributed by atoms with Crippen LogP contribution in [-0.4, -0.2) is 0 Å². The fourth-order valence-corrected chi connectivity index (χ4v) is 2.97. The Morgan fingerprint density at radius 3 is 2.69 bits per heavy atom. The molecule has 0 saturated carbocycles. The quantitative estimate of drug-likeness (QED) is 0.637. The van der Waals surface area contributed by atoms with Crippen LogP contribution >= 0.6 is 34.5 Å². The smallest absolute Gasteiger partial charge is 0.0696 e. The zero-order valence-electron chi connectivity index (χ0n) is 7.89. The van der Waals surface area contributed by atoms with Gasteiger partial charge in [-0.05, 0) is 23.8 Å². The molecule has 0 spiro atoms. The maximum Gasteiger partial charge on any atom is 0.0696 e. The van der Waals surface area contributed by atoms with Gasteiger partial charge in [-0.25, -0.2) is 0 Å². The predicted molar refractivity (Wildman–Crippen MR) is 62.0 cm³/mol. The fourth-order valence-electron chi connectivity index (χ4n) is 1.16. The zero-order valence-corrected chi connectivity index (χ0v) is 10.2. The Hall–Kier alpha value is 0.280. The fraction of sp³-hybridized carbons (Fsp3) is 0.600. The lowest BCUT2D eigenvalue weighted by atomic mass is 10.0. The lowest BCUT2D eigenvalue weighted by molar-refractivity contribution is 0.510. The Labute approximate surface area is 93.9 Å². The van der Waals surface area contributed by atoms with Gasteiger partial charge in [-0.1, -0.05) is 31.9 Å². The van der Waals surface area contributed by atoms with E-state index in [2.05, 4.69) is 13.8 Å². The van der Waals surface area contributed by atoms with Crippen LogP contribution in [0.2, 0.25) is 5.02 Å². The van der Waals surface area contributed by atoms with Crippen LogP contribution < -0.4 is 0 Å². The summed E-state index contributed by atoms with van der Waals surface area (Å²) < 4.78 is 0. The van der Waals surface area contributed by atoms with E-state index in [1.165, 1.54) is 6.42 Å². The van der Waals surface area contributed by atoms with Crippen molar-refractivity contribution < 1.29 is 0 Å². The standard InChI is InChI=1S/C10H14Cl2S/c1-3-7(2)6-9(12)10-8(11)4-5-13-10/h4-5,7,9H,3,6H2,1-2H3. The summed E-state index contributed by atoms with van der Waals surface area (Å²) in [5, 5.41) is 2.89. The van der Waals surface area contributed by atoms with Crippen LogP contribution in [0.3, 0.4) is 0 Å². The average Bonchev–Trinajstić information content (AvgIpc) is 2.51. The number of thiophene rings is 1. The summed E-state index contributed by atoms with van der Waals surface area (Å²) in [5.41, 5.74) is 0. The van der Waals surface area contributed by atoms with Crippen LogP contribution in [0.5, 0.6) is 0 Å². The number of hydrogen-bond acceptors (Lipinski definition) is 1. The topological polar surface area (TPSA) is 0 Å². The maximum absolute atomic E-state index is 6.25. The molecule has 0 fully saturated rings. The van der Waals surface area contributed by atoms with E-state index < -0.39 is 0 Å². The minimum absolute atomic E-state index is 0.0856. The normalized spacial score (nSPS) is 15.7. The van der Waals surface area contributed by atoms with Gasteiger partial charge in [0.25, 0.3) is 0 Å². The van der Waals surface area contributed by atoms with E-state index >= 15 is 0 Å². The molecule has 3 heteroatoms. The first-order chi connectivity index (χ1) is 6.15. The molecule has 0 aliphatic carbocycles. The lowest BCUT2D eigenvalue weighted by Gasteiger charge is -2.12. The van der Waals surface area contributed by atoms with Crippen LogP contribution in [0.15, 0.2) is 11.4 Å². The Morgan fingerprint density at radius 1 is 1.54 bits per heavy atom. The van der Waals surface area contributed by atoms with Gasteiger partial charge in [0, 0.05) is 4.88 Å². The second kappa shape index (κ2) is 5.23. The Balaban J connectivity index is 2.58. The molecule has 74 valence electrons. The molecule has 1 heterocycles. The SMILES string of the molecule is CCC(C)CC(Cl)c1sccc1Cl. The van der Waals surface area contributed by atoms with Crippen molar-refractivity contribution in [1.82, 2.24) is 0 Å². The Morgan fingerprint density at radius 2 is 2.23 bits per heavy atom. The molecule has 0 aliphatic rings. The van der Waals surface area contributed by atoms with E-state index in [9.17, 15) is 0 Å². The molecule has 1 aromatic rings. The largest absolute Gasteiger partial charge is 0.146 e. The highest BCUT2D eigenvalue weighted by molar-refractivity contribution is 7.11. The molecular formula is C10H14Cl2S. The van der Waals surface area contributed by atoms with Crippen LogP contribution in [0, 0.1) is 5.92 Å². The van der Waals surface area contributed by atoms with Crippen molar-refractivity contribution in [3.63, 3.8) is 0 Å². The van der Waals surface area contributed by atoms with Gasteiger partial charge in [0.05, 0.1) is 10.4 Å². The van der Waals surface area contributed by atoms with E-state index in [0.717, 1.165) is 16.3 Å². The third-order valence-electron chi connectivity index (χ3n) is 2.24. The predicted octanol–water partition coefficient (Wildman–Crippen LogP) is 5.12. The maximum atomic E-state index is 6.25. The second-order valence-electron chi connectivity index (χ2n) is 3.35. The van der Waals surface area contributed by atoms with Crippen molar-refractivity contribution in [3.8, 4) is 0 Å². The van der Waals surface area contributed by atoms with Gasteiger partial charge in [0.2, 0.25) is 0 Å². The first kappa shape index (κ1) is 11.4. The summed E-state index contributed by atoms with van der Waals surface area (Å²) in [7, 11) is 0. The number of halogens is 2. The molecule has 0 radical (unpaired) electrons.